The number of amides is 18. The van der Waals surface area contributed by atoms with Gasteiger partial charge in [-0.25, -0.2) is 4.79 Å². The predicted molar refractivity (Wildman–Crippen MR) is 458 cm³/mol. The maximum absolute atomic E-state index is 15.1. The minimum Gasteiger partial charge on any atom is -0.481 e. The summed E-state index contributed by atoms with van der Waals surface area (Å²) >= 11 is 0. The number of carbonyl (C=O) groups excluding carboxylic acids is 19. The molecular weight excluding hydrogens is 1610 g/mol. The third-order valence-corrected chi connectivity index (χ3v) is 20.5. The van der Waals surface area contributed by atoms with E-state index in [4.69, 9.17) is 27.7 Å². The third kappa shape index (κ3) is 44.6. The van der Waals surface area contributed by atoms with Gasteiger partial charge in [0.05, 0.1) is 0 Å². The van der Waals surface area contributed by atoms with Crippen LogP contribution < -0.4 is 97.4 Å². The summed E-state index contributed by atoms with van der Waals surface area (Å²) in [5.41, 5.74) is 22.2. The Kier molecular flexibility index (Phi) is 51.9. The lowest BCUT2D eigenvalue weighted by atomic mass is 9.97. The van der Waals surface area contributed by atoms with E-state index in [9.17, 15) is 91.4 Å². The molecule has 0 bridgehead atoms. The second kappa shape index (κ2) is 57.8. The average molecular weight is 1760 g/mol. The molecule has 0 aromatic heterocycles. The Bertz CT molecular complexity index is 3590. The van der Waals surface area contributed by atoms with Gasteiger partial charge < -0.3 is 107 Å². The molecule has 0 aromatic rings. The number of esters is 1. The first-order valence-corrected chi connectivity index (χ1v) is 43.7. The van der Waals surface area contributed by atoms with Gasteiger partial charge in [0.2, 0.25) is 106 Å². The molecule has 1 rings (SSSR count). The fourth-order valence-electron chi connectivity index (χ4n) is 13.4. The second-order valence-corrected chi connectivity index (χ2v) is 35.2. The topological polar surface area (TPSA) is 643 Å². The Hall–Kier alpha value is -10.6. The van der Waals surface area contributed by atoms with Crippen molar-refractivity contribution in [2.24, 2.45) is 70.3 Å². The summed E-state index contributed by atoms with van der Waals surface area (Å²) in [5.74, 6) is -24.5. The highest BCUT2D eigenvalue weighted by molar-refractivity contribution is 6.01. The standard InChI is InChI=1S/C84H146N18O22/c1-18-20-21-22-23-24-25-26-66(107)89-56(37-43(3)4)76(115)94-55(31-36-67(108)109)71(110)90-53(29-34-64(87)105)74(113)100-68(48(13)14)82(121)97-60(41-47(11)12)79(118)92-52(28-33-63(86)104)73(112)99-61-42-124-84(123)70(50(17)19-2)102-75(114)54(30-35-65(88)106)93-77(116)57(38-44(5)6)96-80(119)58(39-45(7)8)95-72(111)51(27-32-62(85)103)91-78(117)59(40-46(9)10)98-83(122)69(49(15)16)101-81(61)120/h43-61,68-70H,18-42H2,1-17H3,(H2,85,103)(H2,86,104)(H2,87,105)(H2,88,106)(H,89,107)(H,90,110)(H,91,117)(H,92,118)(H,93,116)(H,94,115)(H,95,111)(H,96,119)(H,97,121)(H,98,122)(H,99,112)(H,100,113)(H,101,120)(H,102,114)(H,108,109)/t50-,51+,52-,53+,54+,55+,56-,57-,58-,59+,60+,61+,68-,69+,70-/m0/s1. The van der Waals surface area contributed by atoms with Crippen molar-refractivity contribution in [2.75, 3.05) is 6.61 Å². The van der Waals surface area contributed by atoms with Crippen molar-refractivity contribution in [3.63, 3.8) is 0 Å². The van der Waals surface area contributed by atoms with Gasteiger partial charge in [-0.1, -0.05) is 163 Å². The fourth-order valence-corrected chi connectivity index (χ4v) is 13.4. The van der Waals surface area contributed by atoms with Gasteiger partial charge in [-0.2, -0.15) is 0 Å². The molecule has 1 saturated heterocycles. The number of carboxylic acid groups (broad SMARTS) is 1. The van der Waals surface area contributed by atoms with E-state index in [1.54, 1.807) is 76.2 Å². The molecule has 1 fully saturated rings. The van der Waals surface area contributed by atoms with Crippen LogP contribution in [0.15, 0.2) is 0 Å². The van der Waals surface area contributed by atoms with Crippen molar-refractivity contribution in [1.29, 1.82) is 0 Å². The lowest BCUT2D eigenvalue weighted by Gasteiger charge is -2.30. The van der Waals surface area contributed by atoms with E-state index in [2.05, 4.69) is 81.4 Å². The Morgan fingerprint density at radius 3 is 1.13 bits per heavy atom. The molecule has 40 heteroatoms. The molecule has 1 heterocycles. The highest BCUT2D eigenvalue weighted by atomic mass is 16.5. The first-order valence-electron chi connectivity index (χ1n) is 43.7. The monoisotopic (exact) mass is 1760 g/mol. The van der Waals surface area contributed by atoms with Gasteiger partial charge in [0, 0.05) is 38.5 Å². The Morgan fingerprint density at radius 1 is 0.379 bits per heavy atom. The Morgan fingerprint density at radius 2 is 0.734 bits per heavy atom. The van der Waals surface area contributed by atoms with Crippen molar-refractivity contribution in [1.82, 2.24) is 74.4 Å². The molecule has 18 amide bonds. The van der Waals surface area contributed by atoms with Crippen LogP contribution in [0.5, 0.6) is 0 Å². The first-order chi connectivity index (χ1) is 57.9. The molecule has 40 nitrogen and oxygen atoms in total. The van der Waals surface area contributed by atoms with E-state index in [1.807, 2.05) is 0 Å². The summed E-state index contributed by atoms with van der Waals surface area (Å²) < 4.78 is 5.80. The minimum absolute atomic E-state index is 0.0444. The number of carboxylic acids is 1. The summed E-state index contributed by atoms with van der Waals surface area (Å²) in [6.07, 6.45) is 1.18. The summed E-state index contributed by atoms with van der Waals surface area (Å²) in [6, 6.07) is -22.6. The summed E-state index contributed by atoms with van der Waals surface area (Å²) in [6.45, 7) is 27.4. The van der Waals surface area contributed by atoms with Gasteiger partial charge in [-0.05, 0) is 118 Å². The lowest BCUT2D eigenvalue weighted by Crippen LogP contribution is -2.62. The SMILES string of the molecule is CCCCCCCCCC(=O)N[C@@H](CC(C)C)C(=O)N[C@H](CCC(=O)O)C(=O)N[C@H](CCC(N)=O)C(=O)N[C@H](C(=O)N[C@H](CC(C)C)C(=O)N[C@@H](CCC(N)=O)C(=O)N[C@@H]1COC(=O)[C@H]([C@@H](C)CC)NC(=O)[C@@H](CCC(N)=O)NC(=O)[C@H](CC(C)C)NC(=O)[C@H](CC(C)C)NC(=O)[C@@H](CCC(N)=O)NC(=O)[C@@H](CC(C)C)NC(=O)[C@@H](C(C)C)NC1=O)C(C)C. The van der Waals surface area contributed by atoms with Gasteiger partial charge in [-0.15, -0.1) is 0 Å². The van der Waals surface area contributed by atoms with E-state index >= 15 is 9.59 Å². The van der Waals surface area contributed by atoms with Crippen LogP contribution in [0.25, 0.3) is 0 Å². The van der Waals surface area contributed by atoms with Crippen molar-refractivity contribution in [3.8, 4) is 0 Å². The van der Waals surface area contributed by atoms with Crippen LogP contribution in [0.1, 0.15) is 272 Å². The van der Waals surface area contributed by atoms with Crippen LogP contribution in [0.3, 0.4) is 0 Å². The number of aliphatic carboxylic acids is 1. The number of nitrogens with two attached hydrogens (primary N) is 4. The highest BCUT2D eigenvalue weighted by Gasteiger charge is 2.41. The molecule has 0 saturated carbocycles. The fraction of sp³-hybridized carbons (Fsp3) is 0.762. The van der Waals surface area contributed by atoms with Crippen LogP contribution >= 0.6 is 0 Å². The van der Waals surface area contributed by atoms with Crippen molar-refractivity contribution < 1.29 is 106 Å². The molecule has 1 aliphatic rings. The van der Waals surface area contributed by atoms with Crippen LogP contribution in [-0.4, -0.2) is 215 Å². The van der Waals surface area contributed by atoms with E-state index < -0.39 is 297 Å². The molecule has 0 radical (unpaired) electrons. The van der Waals surface area contributed by atoms with E-state index in [0.29, 0.717) is 6.42 Å². The van der Waals surface area contributed by atoms with Crippen LogP contribution in [-0.2, 0) is 101 Å². The van der Waals surface area contributed by atoms with Crippen LogP contribution in [0, 0.1) is 47.3 Å². The molecule has 0 aromatic carbocycles. The molecule has 0 aliphatic carbocycles. The van der Waals surface area contributed by atoms with Gasteiger partial charge in [0.1, 0.15) is 91.2 Å². The Labute approximate surface area is 728 Å². The highest BCUT2D eigenvalue weighted by Crippen LogP contribution is 2.19. The number of nitrogens with one attached hydrogen (secondary N) is 14. The molecule has 15 atom stereocenters. The molecule has 0 spiro atoms. The molecule has 23 N–H and O–H groups in total. The van der Waals surface area contributed by atoms with E-state index in [-0.39, 0.29) is 68.6 Å². The summed E-state index contributed by atoms with van der Waals surface area (Å²) in [5, 5.41) is 45.7. The molecule has 704 valence electrons. The lowest BCUT2D eigenvalue weighted by molar-refractivity contribution is -0.152. The zero-order valence-electron chi connectivity index (χ0n) is 75.7. The van der Waals surface area contributed by atoms with Crippen molar-refractivity contribution in [2.45, 2.75) is 356 Å². The zero-order chi connectivity index (χ0) is 94.5. The first kappa shape index (κ1) is 111. The number of ether oxygens (including phenoxy) is 1. The molecule has 1 aliphatic heterocycles. The number of rotatable bonds is 50. The van der Waals surface area contributed by atoms with Gasteiger partial charge >= 0.3 is 11.9 Å². The van der Waals surface area contributed by atoms with E-state index in [1.165, 1.54) is 34.6 Å². The second-order valence-electron chi connectivity index (χ2n) is 35.2. The van der Waals surface area contributed by atoms with E-state index in [0.717, 1.165) is 38.5 Å². The number of carbonyl (C=O) groups is 20. The molecule has 124 heavy (non-hydrogen) atoms. The summed E-state index contributed by atoms with van der Waals surface area (Å²) in [4.78, 5) is 280. The largest absolute Gasteiger partial charge is 0.481 e. The summed E-state index contributed by atoms with van der Waals surface area (Å²) in [7, 11) is 0. The number of cyclic esters (lactones) is 1. The van der Waals surface area contributed by atoms with Crippen molar-refractivity contribution in [3.05, 3.63) is 0 Å². The smallest absolute Gasteiger partial charge is 0.329 e. The Balaban J connectivity index is 4.23. The van der Waals surface area contributed by atoms with Crippen LogP contribution in [0.4, 0.5) is 0 Å². The maximum Gasteiger partial charge on any atom is 0.329 e. The third-order valence-electron chi connectivity index (χ3n) is 20.5. The van der Waals surface area contributed by atoms with Gasteiger partial charge in [0.25, 0.3) is 0 Å². The minimum atomic E-state index is -2.10. The predicted octanol–water partition coefficient (Wildman–Crippen LogP) is -0.0135. The average Bonchev–Trinajstić information content (AvgIpc) is 0.983. The number of primary amides is 4. The van der Waals surface area contributed by atoms with Crippen molar-refractivity contribution >= 4 is 118 Å². The molecular formula is C84H146N18O22. The number of unbranched alkanes of at least 4 members (excludes halogenated alkanes) is 6. The molecule has 0 unspecified atom stereocenters. The normalized spacial score (nSPS) is 20.4. The zero-order valence-corrected chi connectivity index (χ0v) is 75.7. The quantitative estimate of drug-likeness (QED) is 0.0281. The van der Waals surface area contributed by atoms with Crippen LogP contribution in [0.2, 0.25) is 0 Å². The number of hydrogen-bond acceptors (Lipinski definition) is 21. The maximum atomic E-state index is 15.1. The van der Waals surface area contributed by atoms with Gasteiger partial charge in [-0.3, -0.25) is 91.1 Å². The van der Waals surface area contributed by atoms with Gasteiger partial charge in [0.15, 0.2) is 0 Å². The number of hydrogen-bond donors (Lipinski definition) is 19.